The molecule has 180 valence electrons. The van der Waals surface area contributed by atoms with Crippen LogP contribution >= 0.6 is 0 Å². The summed E-state index contributed by atoms with van der Waals surface area (Å²) in [5.74, 6) is 0.990. The average Bonchev–Trinajstić information content (AvgIpc) is 2.87. The molecule has 1 amide bonds. The van der Waals surface area contributed by atoms with Crippen LogP contribution in [0.15, 0.2) is 65.2 Å². The molecule has 0 radical (unpaired) electrons. The Labute approximate surface area is 205 Å². The number of pyridine rings is 1. The van der Waals surface area contributed by atoms with Gasteiger partial charge in [0.25, 0.3) is 5.91 Å². The second-order valence-electron chi connectivity index (χ2n) is 8.56. The highest BCUT2D eigenvalue weighted by molar-refractivity contribution is 7.85. The summed E-state index contributed by atoms with van der Waals surface area (Å²) in [5.41, 5.74) is 9.16. The van der Waals surface area contributed by atoms with E-state index >= 15 is 0 Å². The lowest BCUT2D eigenvalue weighted by atomic mass is 9.98. The fraction of sp³-hybridized carbons (Fsp3) is 0.240. The van der Waals surface area contributed by atoms with Gasteiger partial charge in [-0.25, -0.2) is 4.21 Å². The van der Waals surface area contributed by atoms with E-state index < -0.39 is 11.2 Å². The SMILES string of the molecule is NC1=NS(=O)Nc2cccc(OCC3CCCN(C(=O)c4ccnc(-c5cccc(O)c5)c4)C3)c21. The fourth-order valence-electron chi connectivity index (χ4n) is 4.41. The smallest absolute Gasteiger partial charge is 0.253 e. The van der Waals surface area contributed by atoms with Gasteiger partial charge in [0.15, 0.2) is 0 Å². The molecule has 1 aromatic heterocycles. The molecule has 0 aliphatic carbocycles. The molecule has 2 aliphatic heterocycles. The van der Waals surface area contributed by atoms with Gasteiger partial charge in [-0.05, 0) is 49.2 Å². The number of piperidine rings is 1. The zero-order chi connectivity index (χ0) is 24.4. The third kappa shape index (κ3) is 4.97. The Kier molecular flexibility index (Phi) is 6.37. The number of amidine groups is 1. The van der Waals surface area contributed by atoms with E-state index in [2.05, 4.69) is 14.1 Å². The van der Waals surface area contributed by atoms with Crippen LogP contribution in [-0.2, 0) is 11.2 Å². The maximum absolute atomic E-state index is 13.3. The van der Waals surface area contributed by atoms with Crippen molar-refractivity contribution in [1.29, 1.82) is 0 Å². The number of likely N-dealkylation sites (tertiary alicyclic amines) is 1. The highest BCUT2D eigenvalue weighted by Gasteiger charge is 2.26. The van der Waals surface area contributed by atoms with Crippen LogP contribution in [0.3, 0.4) is 0 Å². The number of benzene rings is 2. The van der Waals surface area contributed by atoms with Crippen LogP contribution in [0.2, 0.25) is 0 Å². The van der Waals surface area contributed by atoms with E-state index in [0.717, 1.165) is 18.4 Å². The van der Waals surface area contributed by atoms with Gasteiger partial charge in [0.05, 0.1) is 23.6 Å². The molecule has 2 aliphatic rings. The standard InChI is InChI=1S/C25H25N5O4S/c26-24-23-20(28-35(33)29-24)7-2-8-22(23)34-15-16-4-3-11-30(14-16)25(32)18-9-10-27-21(13-18)17-5-1-6-19(31)12-17/h1-2,5-10,12-13,16,28,31H,3-4,11,14-15H2,(H2,26,29). The summed E-state index contributed by atoms with van der Waals surface area (Å²) in [6.45, 7) is 1.67. The van der Waals surface area contributed by atoms with Gasteiger partial charge in [-0.3, -0.25) is 14.5 Å². The summed E-state index contributed by atoms with van der Waals surface area (Å²) < 4.78 is 24.5. The lowest BCUT2D eigenvalue weighted by Crippen LogP contribution is -2.41. The van der Waals surface area contributed by atoms with Crippen molar-refractivity contribution in [3.8, 4) is 22.8 Å². The van der Waals surface area contributed by atoms with E-state index in [1.54, 1.807) is 48.7 Å². The van der Waals surface area contributed by atoms with Crippen molar-refractivity contribution in [3.63, 3.8) is 0 Å². The maximum atomic E-state index is 13.3. The van der Waals surface area contributed by atoms with Crippen molar-refractivity contribution in [3.05, 3.63) is 71.9 Å². The molecule has 0 saturated carbocycles. The van der Waals surface area contributed by atoms with Gasteiger partial charge >= 0.3 is 0 Å². The van der Waals surface area contributed by atoms with Crippen LogP contribution < -0.4 is 15.2 Å². The van der Waals surface area contributed by atoms with Crippen LogP contribution in [-0.4, -0.2) is 50.6 Å². The van der Waals surface area contributed by atoms with Gasteiger partial charge in [0, 0.05) is 36.3 Å². The Balaban J connectivity index is 1.27. The summed E-state index contributed by atoms with van der Waals surface area (Å²) in [7, 11) is 0. The lowest BCUT2D eigenvalue weighted by Gasteiger charge is -2.33. The summed E-state index contributed by atoms with van der Waals surface area (Å²) >= 11 is -1.60. The molecule has 1 saturated heterocycles. The molecule has 9 nitrogen and oxygen atoms in total. The number of nitrogens with one attached hydrogen (secondary N) is 1. The molecule has 3 heterocycles. The number of rotatable bonds is 5. The number of hydrogen-bond acceptors (Lipinski definition) is 6. The van der Waals surface area contributed by atoms with Crippen LogP contribution in [0.25, 0.3) is 11.3 Å². The second-order valence-corrected chi connectivity index (χ2v) is 9.44. The number of hydrogen-bond donors (Lipinski definition) is 3. The maximum Gasteiger partial charge on any atom is 0.253 e. The van der Waals surface area contributed by atoms with E-state index in [1.807, 2.05) is 17.0 Å². The van der Waals surface area contributed by atoms with E-state index in [1.165, 1.54) is 0 Å². The number of phenols is 1. The Bertz CT molecular complexity index is 1330. The minimum Gasteiger partial charge on any atom is -0.508 e. The van der Waals surface area contributed by atoms with Crippen molar-refractivity contribution in [2.75, 3.05) is 24.4 Å². The number of amides is 1. The summed E-state index contributed by atoms with van der Waals surface area (Å²) in [4.78, 5) is 19.5. The van der Waals surface area contributed by atoms with Gasteiger partial charge in [0.2, 0.25) is 11.2 Å². The number of anilines is 1. The molecule has 0 bridgehead atoms. The molecular formula is C25H25N5O4S. The number of ether oxygens (including phenoxy) is 1. The number of aromatic hydroxyl groups is 1. The van der Waals surface area contributed by atoms with Gasteiger partial charge < -0.3 is 20.5 Å². The highest BCUT2D eigenvalue weighted by atomic mass is 32.2. The molecular weight excluding hydrogens is 466 g/mol. The first kappa shape index (κ1) is 22.9. The number of fused-ring (bicyclic) bond motifs is 1. The summed E-state index contributed by atoms with van der Waals surface area (Å²) in [6, 6.07) is 15.7. The van der Waals surface area contributed by atoms with Crippen molar-refractivity contribution in [2.24, 2.45) is 16.0 Å². The minimum atomic E-state index is -1.60. The summed E-state index contributed by atoms with van der Waals surface area (Å²) in [5, 5.41) is 9.77. The Morgan fingerprint density at radius 1 is 1.23 bits per heavy atom. The molecule has 35 heavy (non-hydrogen) atoms. The number of carbonyl (C=O) groups excluding carboxylic acids is 1. The van der Waals surface area contributed by atoms with Crippen LogP contribution in [0.1, 0.15) is 28.8 Å². The van der Waals surface area contributed by atoms with E-state index in [4.69, 9.17) is 10.5 Å². The van der Waals surface area contributed by atoms with Gasteiger partial charge in [-0.2, -0.15) is 4.40 Å². The summed E-state index contributed by atoms with van der Waals surface area (Å²) in [6.07, 6.45) is 3.43. The topological polar surface area (TPSA) is 130 Å². The van der Waals surface area contributed by atoms with Crippen molar-refractivity contribution >= 4 is 28.6 Å². The number of carbonyl (C=O) groups is 1. The van der Waals surface area contributed by atoms with Gasteiger partial charge in [-0.1, -0.05) is 18.2 Å². The van der Waals surface area contributed by atoms with Crippen molar-refractivity contribution in [2.45, 2.75) is 12.8 Å². The predicted molar refractivity (Wildman–Crippen MR) is 134 cm³/mol. The first-order valence-electron chi connectivity index (χ1n) is 11.3. The molecule has 0 spiro atoms. The Morgan fingerprint density at radius 3 is 2.94 bits per heavy atom. The normalized spacial score (nSPS) is 19.3. The number of nitrogens with zero attached hydrogens (tertiary/aromatic N) is 3. The van der Waals surface area contributed by atoms with Crippen molar-refractivity contribution < 1.29 is 18.8 Å². The minimum absolute atomic E-state index is 0.0568. The van der Waals surface area contributed by atoms with E-state index in [-0.39, 0.29) is 23.4 Å². The molecule has 2 aromatic carbocycles. The Hall–Kier alpha value is -3.92. The third-order valence-electron chi connectivity index (χ3n) is 6.09. The van der Waals surface area contributed by atoms with E-state index in [9.17, 15) is 14.1 Å². The molecule has 4 N–H and O–H groups in total. The quantitative estimate of drug-likeness (QED) is 0.503. The number of phenolic OH excluding ortho intramolecular Hbond substituents is 1. The second kappa shape index (κ2) is 9.75. The highest BCUT2D eigenvalue weighted by Crippen LogP contribution is 2.31. The molecule has 5 rings (SSSR count). The number of aromatic nitrogens is 1. The third-order valence-corrected chi connectivity index (χ3v) is 6.85. The zero-order valence-electron chi connectivity index (χ0n) is 18.9. The first-order valence-corrected chi connectivity index (χ1v) is 12.4. The van der Waals surface area contributed by atoms with Gasteiger partial charge in [0.1, 0.15) is 17.3 Å². The Morgan fingerprint density at radius 2 is 2.09 bits per heavy atom. The first-order chi connectivity index (χ1) is 17.0. The van der Waals surface area contributed by atoms with Crippen molar-refractivity contribution in [1.82, 2.24) is 9.88 Å². The molecule has 2 unspecified atom stereocenters. The predicted octanol–water partition coefficient (Wildman–Crippen LogP) is 3.09. The van der Waals surface area contributed by atoms with Crippen LogP contribution in [0.4, 0.5) is 5.69 Å². The largest absolute Gasteiger partial charge is 0.508 e. The monoisotopic (exact) mass is 491 g/mol. The fourth-order valence-corrected chi connectivity index (χ4v) is 5.09. The molecule has 3 aromatic rings. The number of nitrogens with two attached hydrogens (primary N) is 1. The molecule has 10 heteroatoms. The van der Waals surface area contributed by atoms with Gasteiger partial charge in [-0.15, -0.1) is 0 Å². The lowest BCUT2D eigenvalue weighted by molar-refractivity contribution is 0.0633. The van der Waals surface area contributed by atoms with Crippen LogP contribution in [0, 0.1) is 5.92 Å². The molecule has 1 fully saturated rings. The average molecular weight is 492 g/mol. The van der Waals surface area contributed by atoms with Crippen LogP contribution in [0.5, 0.6) is 11.5 Å². The zero-order valence-corrected chi connectivity index (χ0v) is 19.7. The van der Waals surface area contributed by atoms with E-state index in [0.29, 0.717) is 48.0 Å². The molecule has 2 atom stereocenters.